The maximum Gasteiger partial charge on any atom is 0.390 e. The van der Waals surface area contributed by atoms with Gasteiger partial charge in [-0.25, -0.2) is 14.7 Å². The van der Waals surface area contributed by atoms with Gasteiger partial charge in [-0.1, -0.05) is 56.2 Å². The lowest BCUT2D eigenvalue weighted by Crippen LogP contribution is -2.39. The van der Waals surface area contributed by atoms with E-state index in [0.29, 0.717) is 17.8 Å². The fraction of sp³-hybridized carbons (Fsp3) is 0.684. The summed E-state index contributed by atoms with van der Waals surface area (Å²) in [5.74, 6) is 0.676. The van der Waals surface area contributed by atoms with Crippen molar-refractivity contribution in [2.24, 2.45) is 0 Å². The van der Waals surface area contributed by atoms with Crippen molar-refractivity contribution in [1.29, 1.82) is 0 Å². The van der Waals surface area contributed by atoms with Crippen LogP contribution >= 0.6 is 7.67 Å². The largest absolute Gasteiger partial charge is 0.422 e. The first-order valence-corrected chi connectivity index (χ1v) is 11.2. The predicted octanol–water partition coefficient (Wildman–Crippen LogP) is 5.33. The van der Waals surface area contributed by atoms with Crippen LogP contribution in [0, 0.1) is 6.92 Å². The molecule has 24 heavy (non-hydrogen) atoms. The Labute approximate surface area is 146 Å². The molecule has 0 saturated heterocycles. The highest BCUT2D eigenvalue weighted by molar-refractivity contribution is 7.55. The highest BCUT2D eigenvalue weighted by Crippen LogP contribution is 2.43. The van der Waals surface area contributed by atoms with E-state index in [1.807, 2.05) is 31.2 Å². The lowest BCUT2D eigenvalue weighted by Gasteiger charge is -2.32. The molecule has 2 fully saturated rings. The molecule has 5 heteroatoms. The van der Waals surface area contributed by atoms with Crippen molar-refractivity contribution >= 4 is 7.67 Å². The normalized spacial score (nSPS) is 20.9. The van der Waals surface area contributed by atoms with Gasteiger partial charge in [0.1, 0.15) is 5.75 Å². The highest BCUT2D eigenvalue weighted by Gasteiger charge is 2.32. The van der Waals surface area contributed by atoms with Crippen LogP contribution in [0.2, 0.25) is 0 Å². The molecule has 2 aliphatic carbocycles. The van der Waals surface area contributed by atoms with Gasteiger partial charge in [-0.15, -0.1) is 0 Å². The summed E-state index contributed by atoms with van der Waals surface area (Å²) in [7, 11) is -3.09. The summed E-state index contributed by atoms with van der Waals surface area (Å²) in [6.07, 6.45) is 11.8. The van der Waals surface area contributed by atoms with Crippen molar-refractivity contribution in [2.75, 3.05) is 0 Å². The van der Waals surface area contributed by atoms with E-state index in [1.54, 1.807) is 0 Å². The number of hydrogen-bond donors (Lipinski definition) is 2. The van der Waals surface area contributed by atoms with E-state index in [0.717, 1.165) is 25.7 Å². The third-order valence-corrected chi connectivity index (χ3v) is 7.05. The smallest absolute Gasteiger partial charge is 0.390 e. The maximum absolute atomic E-state index is 13.6. The quantitative estimate of drug-likeness (QED) is 0.681. The minimum Gasteiger partial charge on any atom is -0.422 e. The third-order valence-electron chi connectivity index (χ3n) is 5.17. The molecule has 0 aliphatic heterocycles. The Morgan fingerprint density at radius 3 is 1.75 bits per heavy atom. The Bertz CT molecular complexity index is 525. The van der Waals surface area contributed by atoms with Gasteiger partial charge in [-0.3, -0.25) is 0 Å². The van der Waals surface area contributed by atoms with Gasteiger partial charge < -0.3 is 4.52 Å². The van der Waals surface area contributed by atoms with E-state index >= 15 is 0 Å². The van der Waals surface area contributed by atoms with Crippen molar-refractivity contribution in [3.63, 3.8) is 0 Å². The molecule has 0 radical (unpaired) electrons. The molecule has 0 amide bonds. The first kappa shape index (κ1) is 18.0. The third kappa shape index (κ3) is 5.34. The molecular weight excluding hydrogens is 319 g/mol. The molecule has 0 unspecified atom stereocenters. The van der Waals surface area contributed by atoms with Crippen LogP contribution in [0.15, 0.2) is 24.3 Å². The molecule has 4 nitrogen and oxygen atoms in total. The SMILES string of the molecule is Cc1ccc(OP(=O)(NC2CCCCC2)NC2CCCCC2)cc1. The van der Waals surface area contributed by atoms with Gasteiger partial charge in [0.2, 0.25) is 0 Å². The van der Waals surface area contributed by atoms with Crippen molar-refractivity contribution < 1.29 is 9.09 Å². The predicted molar refractivity (Wildman–Crippen MR) is 99.4 cm³/mol. The van der Waals surface area contributed by atoms with Crippen LogP contribution in [0.3, 0.4) is 0 Å². The summed E-state index contributed by atoms with van der Waals surface area (Å²) >= 11 is 0. The molecule has 1 aromatic rings. The Kier molecular flexibility index (Phi) is 6.37. The van der Waals surface area contributed by atoms with Gasteiger partial charge >= 0.3 is 7.67 Å². The van der Waals surface area contributed by atoms with Crippen LogP contribution in [0.1, 0.15) is 69.8 Å². The molecule has 0 heterocycles. The zero-order valence-electron chi connectivity index (χ0n) is 14.8. The molecule has 0 atom stereocenters. The van der Waals surface area contributed by atoms with Crippen LogP contribution in [0.25, 0.3) is 0 Å². The maximum atomic E-state index is 13.6. The molecule has 1 aromatic carbocycles. The summed E-state index contributed by atoms with van der Waals surface area (Å²) in [4.78, 5) is 0. The van der Waals surface area contributed by atoms with E-state index in [9.17, 15) is 4.57 Å². The van der Waals surface area contributed by atoms with Crippen LogP contribution in [-0.4, -0.2) is 12.1 Å². The first-order valence-electron chi connectivity index (χ1n) is 9.55. The molecule has 2 N–H and O–H groups in total. The monoisotopic (exact) mass is 350 g/mol. The van der Waals surface area contributed by atoms with Crippen LogP contribution in [0.4, 0.5) is 0 Å². The second-order valence-electron chi connectivity index (χ2n) is 7.38. The topological polar surface area (TPSA) is 50.4 Å². The molecule has 3 rings (SSSR count). The van der Waals surface area contributed by atoms with Crippen LogP contribution < -0.4 is 14.7 Å². The van der Waals surface area contributed by atoms with E-state index in [4.69, 9.17) is 4.52 Å². The van der Waals surface area contributed by atoms with Crippen molar-refractivity contribution in [3.8, 4) is 5.75 Å². The van der Waals surface area contributed by atoms with Crippen molar-refractivity contribution in [2.45, 2.75) is 83.2 Å². The standard InChI is InChI=1S/C19H31N2O2P/c1-16-12-14-19(15-13-16)23-24(22,20-17-8-4-2-5-9-17)21-18-10-6-3-7-11-18/h12-15,17-18H,2-11H2,1H3,(H2,20,21,22). The first-order chi connectivity index (χ1) is 11.6. The summed E-state index contributed by atoms with van der Waals surface area (Å²) in [6.45, 7) is 2.05. The fourth-order valence-electron chi connectivity index (χ4n) is 3.78. The Morgan fingerprint density at radius 2 is 1.29 bits per heavy atom. The average molecular weight is 350 g/mol. The molecule has 0 aromatic heterocycles. The minimum atomic E-state index is -3.09. The van der Waals surface area contributed by atoms with Crippen molar-refractivity contribution in [1.82, 2.24) is 10.2 Å². The lowest BCUT2D eigenvalue weighted by atomic mass is 9.96. The number of benzene rings is 1. The molecule has 2 aliphatic rings. The average Bonchev–Trinajstić information content (AvgIpc) is 2.58. The molecule has 0 bridgehead atoms. The second-order valence-corrected chi connectivity index (χ2v) is 9.19. The zero-order valence-corrected chi connectivity index (χ0v) is 15.7. The molecular formula is C19H31N2O2P. The zero-order chi connectivity index (χ0) is 16.8. The van der Waals surface area contributed by atoms with Gasteiger partial charge in [0, 0.05) is 12.1 Å². The summed E-state index contributed by atoms with van der Waals surface area (Å²) < 4.78 is 19.6. The fourth-order valence-corrected chi connectivity index (χ4v) is 5.86. The van der Waals surface area contributed by atoms with Crippen LogP contribution in [0.5, 0.6) is 5.75 Å². The van der Waals surface area contributed by atoms with Crippen molar-refractivity contribution in [3.05, 3.63) is 29.8 Å². The second kappa shape index (κ2) is 8.51. The van der Waals surface area contributed by atoms with E-state index in [1.165, 1.54) is 44.1 Å². The van der Waals surface area contributed by atoms with Gasteiger partial charge in [0.25, 0.3) is 0 Å². The van der Waals surface area contributed by atoms with E-state index in [2.05, 4.69) is 10.2 Å². The Morgan fingerprint density at radius 1 is 0.833 bits per heavy atom. The van der Waals surface area contributed by atoms with Gasteiger partial charge in [-0.2, -0.15) is 0 Å². The molecule has 0 spiro atoms. The number of hydrogen-bond acceptors (Lipinski definition) is 2. The summed E-state index contributed by atoms with van der Waals surface area (Å²) in [5.41, 5.74) is 1.18. The summed E-state index contributed by atoms with van der Waals surface area (Å²) in [6, 6.07) is 8.42. The Hall–Kier alpha value is -0.830. The van der Waals surface area contributed by atoms with Gasteiger partial charge in [0.15, 0.2) is 0 Å². The van der Waals surface area contributed by atoms with E-state index in [-0.39, 0.29) is 0 Å². The summed E-state index contributed by atoms with van der Waals surface area (Å²) in [5, 5.41) is 6.73. The van der Waals surface area contributed by atoms with Crippen LogP contribution in [-0.2, 0) is 4.57 Å². The van der Waals surface area contributed by atoms with Gasteiger partial charge in [-0.05, 0) is 44.7 Å². The highest BCUT2D eigenvalue weighted by atomic mass is 31.2. The Balaban J connectivity index is 1.70. The molecule has 134 valence electrons. The number of aryl methyl sites for hydroxylation is 1. The van der Waals surface area contributed by atoms with E-state index < -0.39 is 7.67 Å². The number of rotatable bonds is 6. The molecule has 2 saturated carbocycles. The lowest BCUT2D eigenvalue weighted by molar-refractivity contribution is 0.358. The minimum absolute atomic E-state index is 0.297. The van der Waals surface area contributed by atoms with Gasteiger partial charge in [0.05, 0.1) is 0 Å². The number of nitrogens with one attached hydrogen (secondary N) is 2.